The van der Waals surface area contributed by atoms with Crippen LogP contribution in [-0.2, 0) is 4.79 Å². The van der Waals surface area contributed by atoms with Crippen LogP contribution in [0.15, 0.2) is 18.2 Å². The molecule has 6 heteroatoms. The third-order valence-corrected chi connectivity index (χ3v) is 2.45. The largest absolute Gasteiger partial charge is 0.480 e. The summed E-state index contributed by atoms with van der Waals surface area (Å²) in [5, 5.41) is 20.4. The van der Waals surface area contributed by atoms with Gasteiger partial charge in [0, 0.05) is 5.69 Å². The molecule has 0 aliphatic carbocycles. The van der Waals surface area contributed by atoms with Gasteiger partial charge in [-0.3, -0.25) is 0 Å². The number of carboxylic acids is 2. The highest BCUT2D eigenvalue weighted by Crippen LogP contribution is 2.17. The Bertz CT molecular complexity index is 473. The molecule has 1 rings (SSSR count). The smallest absolute Gasteiger partial charge is 0.338 e. The summed E-state index contributed by atoms with van der Waals surface area (Å²) in [7, 11) is 0. The first kappa shape index (κ1) is 14.0. The molecule has 0 aliphatic heterocycles. The fourth-order valence-electron chi connectivity index (χ4n) is 1.47. The zero-order valence-electron chi connectivity index (χ0n) is 9.98. The minimum atomic E-state index is -1.40. The molecule has 0 aliphatic rings. The van der Waals surface area contributed by atoms with Crippen LogP contribution in [-0.4, -0.2) is 28.2 Å². The Labute approximate surface area is 103 Å². The predicted molar refractivity (Wildman–Crippen MR) is 63.2 cm³/mol. The summed E-state index contributed by atoms with van der Waals surface area (Å²) in [5.41, 5.74) is -0.234. The maximum atomic E-state index is 13.2. The number of benzene rings is 1. The SMILES string of the molecule is CC(C)C(Nc1ccc(F)c(C(=O)O)c1)C(=O)O. The van der Waals surface area contributed by atoms with Crippen molar-refractivity contribution < 1.29 is 24.2 Å². The molecule has 1 atom stereocenters. The van der Waals surface area contributed by atoms with Crippen molar-refractivity contribution >= 4 is 17.6 Å². The lowest BCUT2D eigenvalue weighted by atomic mass is 10.0. The summed E-state index contributed by atoms with van der Waals surface area (Å²) in [6, 6.07) is 2.51. The molecule has 0 aromatic heterocycles. The second kappa shape index (κ2) is 5.48. The van der Waals surface area contributed by atoms with E-state index in [-0.39, 0.29) is 11.6 Å². The van der Waals surface area contributed by atoms with Crippen molar-refractivity contribution in [2.24, 2.45) is 5.92 Å². The van der Waals surface area contributed by atoms with Gasteiger partial charge >= 0.3 is 11.9 Å². The number of hydrogen-bond acceptors (Lipinski definition) is 3. The van der Waals surface area contributed by atoms with Gasteiger partial charge in [-0.1, -0.05) is 13.8 Å². The number of carboxylic acid groups (broad SMARTS) is 2. The maximum Gasteiger partial charge on any atom is 0.338 e. The zero-order chi connectivity index (χ0) is 13.9. The van der Waals surface area contributed by atoms with E-state index in [4.69, 9.17) is 10.2 Å². The van der Waals surface area contributed by atoms with Gasteiger partial charge in [-0.25, -0.2) is 14.0 Å². The number of rotatable bonds is 5. The summed E-state index contributed by atoms with van der Waals surface area (Å²) in [5.74, 6) is -3.50. The van der Waals surface area contributed by atoms with Crippen LogP contribution in [0.25, 0.3) is 0 Å². The quantitative estimate of drug-likeness (QED) is 0.749. The Kier molecular flexibility index (Phi) is 4.25. The van der Waals surface area contributed by atoms with Crippen LogP contribution in [0, 0.1) is 11.7 Å². The average Bonchev–Trinajstić information content (AvgIpc) is 2.26. The van der Waals surface area contributed by atoms with Crippen LogP contribution in [0.2, 0.25) is 0 Å². The molecule has 3 N–H and O–H groups in total. The molecule has 0 saturated carbocycles. The van der Waals surface area contributed by atoms with Crippen LogP contribution in [0.3, 0.4) is 0 Å². The van der Waals surface area contributed by atoms with Crippen molar-refractivity contribution in [3.63, 3.8) is 0 Å². The van der Waals surface area contributed by atoms with Crippen LogP contribution in [0.1, 0.15) is 24.2 Å². The Balaban J connectivity index is 3.01. The zero-order valence-corrected chi connectivity index (χ0v) is 9.98. The highest BCUT2D eigenvalue weighted by molar-refractivity contribution is 5.89. The molecule has 1 aromatic carbocycles. The van der Waals surface area contributed by atoms with Crippen LogP contribution in [0.4, 0.5) is 10.1 Å². The van der Waals surface area contributed by atoms with Crippen molar-refractivity contribution in [3.05, 3.63) is 29.6 Å². The third-order valence-electron chi connectivity index (χ3n) is 2.45. The molecule has 0 fully saturated rings. The summed E-state index contributed by atoms with van der Waals surface area (Å²) < 4.78 is 13.2. The van der Waals surface area contributed by atoms with Crippen molar-refractivity contribution in [1.82, 2.24) is 0 Å². The molecule has 0 bridgehead atoms. The van der Waals surface area contributed by atoms with Crippen molar-refractivity contribution in [1.29, 1.82) is 0 Å². The van der Waals surface area contributed by atoms with E-state index in [0.29, 0.717) is 0 Å². The Morgan fingerprint density at radius 3 is 2.33 bits per heavy atom. The molecular weight excluding hydrogens is 241 g/mol. The monoisotopic (exact) mass is 255 g/mol. The van der Waals surface area contributed by atoms with Gasteiger partial charge in [0.15, 0.2) is 0 Å². The van der Waals surface area contributed by atoms with E-state index < -0.39 is 29.4 Å². The minimum absolute atomic E-state index is 0.194. The van der Waals surface area contributed by atoms with Gasteiger partial charge in [-0.2, -0.15) is 0 Å². The molecule has 98 valence electrons. The maximum absolute atomic E-state index is 13.2. The number of nitrogens with one attached hydrogen (secondary N) is 1. The predicted octanol–water partition coefficient (Wildman–Crippen LogP) is 2.04. The topological polar surface area (TPSA) is 86.6 Å². The lowest BCUT2D eigenvalue weighted by Crippen LogP contribution is -2.34. The standard InChI is InChI=1S/C12H14FNO4/c1-6(2)10(12(17)18)14-7-3-4-9(13)8(5-7)11(15)16/h3-6,10,14H,1-2H3,(H,15,16)(H,17,18). The van der Waals surface area contributed by atoms with Gasteiger partial charge in [0.05, 0.1) is 5.56 Å². The van der Waals surface area contributed by atoms with Crippen LogP contribution >= 0.6 is 0 Å². The van der Waals surface area contributed by atoms with E-state index in [1.165, 1.54) is 6.07 Å². The highest BCUT2D eigenvalue weighted by atomic mass is 19.1. The van der Waals surface area contributed by atoms with Gasteiger partial charge in [0.2, 0.25) is 0 Å². The third kappa shape index (κ3) is 3.19. The van der Waals surface area contributed by atoms with Crippen molar-refractivity contribution in [2.45, 2.75) is 19.9 Å². The normalized spacial score (nSPS) is 12.2. The van der Waals surface area contributed by atoms with Gasteiger partial charge in [-0.05, 0) is 24.1 Å². The molecular formula is C12H14FNO4. The molecule has 5 nitrogen and oxygen atoms in total. The van der Waals surface area contributed by atoms with E-state index in [9.17, 15) is 14.0 Å². The summed E-state index contributed by atoms with van der Waals surface area (Å²) in [6.07, 6.45) is 0. The number of halogens is 1. The summed E-state index contributed by atoms with van der Waals surface area (Å²) in [4.78, 5) is 21.7. The van der Waals surface area contributed by atoms with Gasteiger partial charge < -0.3 is 15.5 Å². The highest BCUT2D eigenvalue weighted by Gasteiger charge is 2.21. The molecule has 18 heavy (non-hydrogen) atoms. The van der Waals surface area contributed by atoms with Crippen LogP contribution < -0.4 is 5.32 Å². The Morgan fingerprint density at radius 2 is 1.89 bits per heavy atom. The van der Waals surface area contributed by atoms with Gasteiger partial charge in [-0.15, -0.1) is 0 Å². The van der Waals surface area contributed by atoms with Gasteiger partial charge in [0.25, 0.3) is 0 Å². The number of carbonyl (C=O) groups is 2. The summed E-state index contributed by atoms with van der Waals surface area (Å²) >= 11 is 0. The Morgan fingerprint density at radius 1 is 1.28 bits per heavy atom. The number of anilines is 1. The van der Waals surface area contributed by atoms with E-state index in [1.807, 2.05) is 0 Å². The fraction of sp³-hybridized carbons (Fsp3) is 0.333. The van der Waals surface area contributed by atoms with Crippen molar-refractivity contribution in [3.8, 4) is 0 Å². The van der Waals surface area contributed by atoms with E-state index in [1.54, 1.807) is 13.8 Å². The second-order valence-electron chi connectivity index (χ2n) is 4.20. The molecule has 0 radical (unpaired) electrons. The van der Waals surface area contributed by atoms with Crippen molar-refractivity contribution in [2.75, 3.05) is 5.32 Å². The molecule has 0 amide bonds. The first-order chi connectivity index (χ1) is 8.32. The fourth-order valence-corrected chi connectivity index (χ4v) is 1.47. The molecule has 0 spiro atoms. The number of aliphatic carboxylic acids is 1. The van der Waals surface area contributed by atoms with Gasteiger partial charge in [0.1, 0.15) is 11.9 Å². The number of hydrogen-bond donors (Lipinski definition) is 3. The molecule has 1 unspecified atom stereocenters. The lowest BCUT2D eigenvalue weighted by molar-refractivity contribution is -0.138. The molecule has 1 aromatic rings. The second-order valence-corrected chi connectivity index (χ2v) is 4.20. The first-order valence-electron chi connectivity index (χ1n) is 5.35. The van der Waals surface area contributed by atoms with E-state index in [0.717, 1.165) is 12.1 Å². The van der Waals surface area contributed by atoms with E-state index in [2.05, 4.69) is 5.32 Å². The number of aromatic carboxylic acids is 1. The Hall–Kier alpha value is -2.11. The van der Waals surface area contributed by atoms with E-state index >= 15 is 0 Å². The lowest BCUT2D eigenvalue weighted by Gasteiger charge is -2.19. The average molecular weight is 255 g/mol. The minimum Gasteiger partial charge on any atom is -0.480 e. The summed E-state index contributed by atoms with van der Waals surface area (Å²) in [6.45, 7) is 3.43. The van der Waals surface area contributed by atoms with Crippen LogP contribution in [0.5, 0.6) is 0 Å². The molecule has 0 saturated heterocycles. The first-order valence-corrected chi connectivity index (χ1v) is 5.35. The molecule has 0 heterocycles.